The number of carbonyl (C=O) groups excluding carboxylic acids is 1. The summed E-state index contributed by atoms with van der Waals surface area (Å²) in [6, 6.07) is 6.50. The molecule has 7 nitrogen and oxygen atoms in total. The van der Waals surface area contributed by atoms with Gasteiger partial charge in [0.2, 0.25) is 0 Å². The number of carbonyl (C=O) groups is 1. The molecule has 1 aromatic heterocycles. The van der Waals surface area contributed by atoms with E-state index < -0.39 is 17.2 Å². The number of H-pyrrole nitrogens is 1. The van der Waals surface area contributed by atoms with Crippen molar-refractivity contribution in [2.24, 2.45) is 0 Å². The van der Waals surface area contributed by atoms with E-state index in [0.29, 0.717) is 6.54 Å². The Kier molecular flexibility index (Phi) is 5.46. The summed E-state index contributed by atoms with van der Waals surface area (Å²) in [6.45, 7) is 2.33. The van der Waals surface area contributed by atoms with Crippen LogP contribution in [-0.2, 0) is 6.54 Å². The van der Waals surface area contributed by atoms with E-state index in [1.807, 2.05) is 6.92 Å². The van der Waals surface area contributed by atoms with Gasteiger partial charge in [-0.15, -0.1) is 0 Å². The fourth-order valence-electron chi connectivity index (χ4n) is 2.36. The van der Waals surface area contributed by atoms with Crippen molar-refractivity contribution in [2.45, 2.75) is 26.3 Å². The highest BCUT2D eigenvalue weighted by atomic mass is 35.5. The third-order valence-electron chi connectivity index (χ3n) is 3.69. The molecule has 0 radical (unpaired) electrons. The van der Waals surface area contributed by atoms with Crippen LogP contribution in [0.1, 0.15) is 30.1 Å². The van der Waals surface area contributed by atoms with Gasteiger partial charge in [0.15, 0.2) is 5.69 Å². The zero-order valence-corrected chi connectivity index (χ0v) is 14.3. The molecule has 0 aliphatic carbocycles. The van der Waals surface area contributed by atoms with Crippen molar-refractivity contribution in [3.63, 3.8) is 0 Å². The number of rotatable bonds is 5. The molecule has 0 atom stereocenters. The minimum absolute atomic E-state index is 0.0416. The van der Waals surface area contributed by atoms with Crippen LogP contribution in [0.25, 0.3) is 0 Å². The Balaban J connectivity index is 2.51. The van der Waals surface area contributed by atoms with E-state index in [4.69, 9.17) is 17.3 Å². The van der Waals surface area contributed by atoms with Crippen LogP contribution >= 0.6 is 11.6 Å². The second-order valence-electron chi connectivity index (χ2n) is 5.34. The van der Waals surface area contributed by atoms with Gasteiger partial charge >= 0.3 is 5.69 Å². The molecule has 128 valence electrons. The Morgan fingerprint density at radius 2 is 2.00 bits per heavy atom. The molecule has 0 aliphatic rings. The lowest BCUT2D eigenvalue weighted by Gasteiger charge is -2.20. The number of hydrogen-bond donors (Lipinski definition) is 2. The smallest absolute Gasteiger partial charge is 0.330 e. The second-order valence-corrected chi connectivity index (χ2v) is 5.75. The van der Waals surface area contributed by atoms with Crippen LogP contribution in [0.3, 0.4) is 0 Å². The van der Waals surface area contributed by atoms with Gasteiger partial charge in [0.1, 0.15) is 5.82 Å². The zero-order valence-electron chi connectivity index (χ0n) is 13.5. The van der Waals surface area contributed by atoms with Gasteiger partial charge < -0.3 is 10.6 Å². The number of aromatic amines is 1. The minimum Gasteiger partial charge on any atom is -0.383 e. The topological polar surface area (TPSA) is 101 Å². The summed E-state index contributed by atoms with van der Waals surface area (Å²) < 4.78 is 1.26. The SMILES string of the molecule is CCCCn1c(N)c(N(C)C(=O)c2ccccc2Cl)c(=O)[nH]c1=O. The molecule has 3 N–H and O–H groups in total. The number of anilines is 2. The summed E-state index contributed by atoms with van der Waals surface area (Å²) in [4.78, 5) is 40.1. The lowest BCUT2D eigenvalue weighted by Crippen LogP contribution is -2.39. The van der Waals surface area contributed by atoms with Gasteiger partial charge in [-0.05, 0) is 18.6 Å². The average Bonchev–Trinajstić information content (AvgIpc) is 2.54. The molecule has 24 heavy (non-hydrogen) atoms. The molecule has 1 aromatic carbocycles. The number of nitrogens with one attached hydrogen (secondary N) is 1. The molecular weight excluding hydrogens is 332 g/mol. The fourth-order valence-corrected chi connectivity index (χ4v) is 2.57. The number of nitrogens with two attached hydrogens (primary N) is 1. The van der Waals surface area contributed by atoms with E-state index in [-0.39, 0.29) is 22.1 Å². The number of nitrogen functional groups attached to an aromatic ring is 1. The van der Waals surface area contributed by atoms with E-state index in [0.717, 1.165) is 17.7 Å². The van der Waals surface area contributed by atoms with Crippen LogP contribution in [0.15, 0.2) is 33.9 Å². The monoisotopic (exact) mass is 350 g/mol. The van der Waals surface area contributed by atoms with E-state index in [1.54, 1.807) is 24.3 Å². The van der Waals surface area contributed by atoms with E-state index >= 15 is 0 Å². The van der Waals surface area contributed by atoms with Gasteiger partial charge in [-0.25, -0.2) is 4.79 Å². The maximum Gasteiger partial charge on any atom is 0.330 e. The third kappa shape index (κ3) is 3.35. The number of nitrogens with zero attached hydrogens (tertiary/aromatic N) is 2. The Hall–Kier alpha value is -2.54. The molecule has 0 bridgehead atoms. The molecule has 2 aromatic rings. The molecule has 0 spiro atoms. The Morgan fingerprint density at radius 1 is 1.33 bits per heavy atom. The maximum atomic E-state index is 12.6. The van der Waals surface area contributed by atoms with Crippen molar-refractivity contribution < 1.29 is 4.79 Å². The zero-order chi connectivity index (χ0) is 17.9. The van der Waals surface area contributed by atoms with Gasteiger partial charge in [0.25, 0.3) is 11.5 Å². The molecule has 0 aliphatic heterocycles. The number of amides is 1. The van der Waals surface area contributed by atoms with Gasteiger partial charge in [-0.1, -0.05) is 37.1 Å². The van der Waals surface area contributed by atoms with Crippen LogP contribution < -0.4 is 21.9 Å². The molecule has 2 rings (SSSR count). The second kappa shape index (κ2) is 7.35. The lowest BCUT2D eigenvalue weighted by atomic mass is 10.2. The molecule has 0 unspecified atom stereocenters. The summed E-state index contributed by atoms with van der Waals surface area (Å²) in [5, 5.41) is 0.267. The van der Waals surface area contributed by atoms with E-state index in [2.05, 4.69) is 4.98 Å². The Bertz CT molecular complexity index is 872. The lowest BCUT2D eigenvalue weighted by molar-refractivity contribution is 0.0993. The predicted octanol–water partition coefficient (Wildman–Crippen LogP) is 1.85. The largest absolute Gasteiger partial charge is 0.383 e. The first-order valence-corrected chi connectivity index (χ1v) is 7.91. The van der Waals surface area contributed by atoms with Crippen molar-refractivity contribution in [1.82, 2.24) is 9.55 Å². The van der Waals surface area contributed by atoms with Crippen LogP contribution in [0.5, 0.6) is 0 Å². The van der Waals surface area contributed by atoms with Crippen LogP contribution in [0.4, 0.5) is 11.5 Å². The Morgan fingerprint density at radius 3 is 2.62 bits per heavy atom. The summed E-state index contributed by atoms with van der Waals surface area (Å²) in [5.41, 5.74) is 4.86. The van der Waals surface area contributed by atoms with E-state index in [9.17, 15) is 14.4 Å². The van der Waals surface area contributed by atoms with Gasteiger partial charge in [-0.2, -0.15) is 0 Å². The Labute approximate surface area is 143 Å². The molecular formula is C16H19ClN4O3. The molecule has 0 saturated carbocycles. The standard InChI is InChI=1S/C16H19ClN4O3/c1-3-4-9-21-13(18)12(14(22)19-16(21)24)20(2)15(23)10-7-5-6-8-11(10)17/h5-8H,3-4,9,18H2,1-2H3,(H,19,22,24). The van der Waals surface area contributed by atoms with Crippen LogP contribution in [-0.4, -0.2) is 22.5 Å². The number of hydrogen-bond acceptors (Lipinski definition) is 4. The quantitative estimate of drug-likeness (QED) is 0.859. The third-order valence-corrected chi connectivity index (χ3v) is 4.02. The van der Waals surface area contributed by atoms with Crippen molar-refractivity contribution >= 4 is 29.0 Å². The molecule has 0 saturated heterocycles. The minimum atomic E-state index is -0.715. The average molecular weight is 351 g/mol. The maximum absolute atomic E-state index is 12.6. The van der Waals surface area contributed by atoms with Crippen molar-refractivity contribution in [3.05, 3.63) is 55.7 Å². The van der Waals surface area contributed by atoms with Crippen molar-refractivity contribution in [1.29, 1.82) is 0 Å². The van der Waals surface area contributed by atoms with Crippen LogP contribution in [0, 0.1) is 0 Å². The summed E-state index contributed by atoms with van der Waals surface area (Å²) in [6.07, 6.45) is 1.58. The summed E-state index contributed by atoms with van der Waals surface area (Å²) >= 11 is 6.04. The first kappa shape index (κ1) is 17.8. The van der Waals surface area contributed by atoms with Gasteiger partial charge in [0, 0.05) is 13.6 Å². The molecule has 8 heteroatoms. The number of benzene rings is 1. The number of halogens is 1. The van der Waals surface area contributed by atoms with Gasteiger partial charge in [0.05, 0.1) is 10.6 Å². The highest BCUT2D eigenvalue weighted by Gasteiger charge is 2.23. The highest BCUT2D eigenvalue weighted by molar-refractivity contribution is 6.34. The molecule has 0 fully saturated rings. The van der Waals surface area contributed by atoms with E-state index in [1.165, 1.54) is 11.6 Å². The van der Waals surface area contributed by atoms with Crippen molar-refractivity contribution in [2.75, 3.05) is 17.7 Å². The molecule has 1 amide bonds. The normalized spacial score (nSPS) is 10.6. The first-order chi connectivity index (χ1) is 11.4. The first-order valence-electron chi connectivity index (χ1n) is 7.53. The number of aromatic nitrogens is 2. The fraction of sp³-hybridized carbons (Fsp3) is 0.312. The van der Waals surface area contributed by atoms with Crippen LogP contribution in [0.2, 0.25) is 5.02 Å². The predicted molar refractivity (Wildman–Crippen MR) is 94.8 cm³/mol. The summed E-state index contributed by atoms with van der Waals surface area (Å²) in [7, 11) is 1.42. The van der Waals surface area contributed by atoms with Crippen molar-refractivity contribution in [3.8, 4) is 0 Å². The highest BCUT2D eigenvalue weighted by Crippen LogP contribution is 2.21. The van der Waals surface area contributed by atoms with Gasteiger partial charge in [-0.3, -0.25) is 19.1 Å². The number of unbranched alkanes of at least 4 members (excludes halogenated alkanes) is 1. The molecule has 1 heterocycles. The summed E-state index contributed by atoms with van der Waals surface area (Å²) in [5.74, 6) is -0.529.